The van der Waals surface area contributed by atoms with Crippen LogP contribution in [0.3, 0.4) is 0 Å². The molecule has 3 nitrogen and oxygen atoms in total. The maximum atomic E-state index is 6.42. The summed E-state index contributed by atoms with van der Waals surface area (Å²) in [6.07, 6.45) is 3.31. The number of aromatic nitrogens is 1. The number of para-hydroxylation sites is 1. The van der Waals surface area contributed by atoms with Gasteiger partial charge in [-0.3, -0.25) is 0 Å². The molecule has 1 aromatic carbocycles. The number of hydrogen-bond acceptors (Lipinski definition) is 3. The van der Waals surface area contributed by atoms with Gasteiger partial charge in [0.25, 0.3) is 0 Å². The smallest absolute Gasteiger partial charge is 0.145 e. The van der Waals surface area contributed by atoms with Crippen molar-refractivity contribution in [2.24, 2.45) is 5.73 Å². The van der Waals surface area contributed by atoms with Crippen molar-refractivity contribution < 1.29 is 4.74 Å². The highest BCUT2D eigenvalue weighted by Gasteiger charge is 2.27. The second-order valence-corrected chi connectivity index (χ2v) is 5.84. The van der Waals surface area contributed by atoms with E-state index in [-0.39, 0.29) is 5.54 Å². The molecule has 2 N–H and O–H groups in total. The number of nitrogens with zero attached hydrogens (tertiary/aromatic N) is 1. The van der Waals surface area contributed by atoms with Crippen LogP contribution in [0.15, 0.2) is 18.2 Å². The summed E-state index contributed by atoms with van der Waals surface area (Å²) >= 11 is 0. The molecule has 1 aromatic heterocycles. The predicted molar refractivity (Wildman–Crippen MR) is 77.5 cm³/mol. The van der Waals surface area contributed by atoms with Crippen LogP contribution in [-0.4, -0.2) is 12.1 Å². The molecule has 0 amide bonds. The third kappa shape index (κ3) is 1.89. The molecule has 0 fully saturated rings. The summed E-state index contributed by atoms with van der Waals surface area (Å²) in [5.74, 6) is 0.831. The lowest BCUT2D eigenvalue weighted by Gasteiger charge is -2.25. The van der Waals surface area contributed by atoms with Gasteiger partial charge in [0.2, 0.25) is 0 Å². The number of nitrogens with two attached hydrogens (primary N) is 1. The largest absolute Gasteiger partial charge is 0.494 e. The third-order valence-corrected chi connectivity index (χ3v) is 3.87. The third-order valence-electron chi connectivity index (χ3n) is 3.87. The number of fused-ring (bicyclic) bond motifs is 2. The summed E-state index contributed by atoms with van der Waals surface area (Å²) in [5, 5.41) is 1.13. The topological polar surface area (TPSA) is 48.1 Å². The average molecular weight is 256 g/mol. The molecule has 0 spiro atoms. The normalized spacial score (nSPS) is 14.7. The first-order valence-electron chi connectivity index (χ1n) is 6.80. The van der Waals surface area contributed by atoms with Crippen LogP contribution < -0.4 is 10.5 Å². The van der Waals surface area contributed by atoms with Crippen LogP contribution in [0.25, 0.3) is 10.9 Å². The van der Waals surface area contributed by atoms with Crippen LogP contribution in [0, 0.1) is 0 Å². The van der Waals surface area contributed by atoms with E-state index >= 15 is 0 Å². The molecule has 2 aromatic rings. The molecule has 3 heteroatoms. The molecule has 0 saturated carbocycles. The Balaban J connectivity index is 2.44. The van der Waals surface area contributed by atoms with E-state index < -0.39 is 0 Å². The molecular formula is C16H20N2O. The molecule has 0 bridgehead atoms. The zero-order chi connectivity index (χ0) is 13.6. The van der Waals surface area contributed by atoms with Crippen LogP contribution in [0.5, 0.6) is 5.75 Å². The Morgan fingerprint density at radius 3 is 2.74 bits per heavy atom. The summed E-state index contributed by atoms with van der Waals surface area (Å²) in [6.45, 7) is 4.14. The number of aryl methyl sites for hydroxylation is 1. The SMILES string of the molecule is COc1cccc2c(C(C)(C)N)c3c(nc12)CCC3. The van der Waals surface area contributed by atoms with Gasteiger partial charge in [-0.05, 0) is 50.3 Å². The van der Waals surface area contributed by atoms with Gasteiger partial charge in [0, 0.05) is 16.6 Å². The van der Waals surface area contributed by atoms with Crippen LogP contribution in [0.4, 0.5) is 0 Å². The fraction of sp³-hybridized carbons (Fsp3) is 0.438. The van der Waals surface area contributed by atoms with Crippen molar-refractivity contribution in [1.29, 1.82) is 0 Å². The number of methoxy groups -OCH3 is 1. The molecule has 3 rings (SSSR count). The van der Waals surface area contributed by atoms with Crippen molar-refractivity contribution >= 4 is 10.9 Å². The molecular weight excluding hydrogens is 236 g/mol. The molecule has 0 radical (unpaired) electrons. The number of hydrogen-bond donors (Lipinski definition) is 1. The van der Waals surface area contributed by atoms with Crippen molar-refractivity contribution in [1.82, 2.24) is 4.98 Å². The lowest BCUT2D eigenvalue weighted by molar-refractivity contribution is 0.418. The second kappa shape index (κ2) is 4.20. The van der Waals surface area contributed by atoms with Gasteiger partial charge in [0.15, 0.2) is 0 Å². The van der Waals surface area contributed by atoms with Crippen LogP contribution >= 0.6 is 0 Å². The van der Waals surface area contributed by atoms with E-state index in [9.17, 15) is 0 Å². The fourth-order valence-electron chi connectivity index (χ4n) is 3.16. The van der Waals surface area contributed by atoms with E-state index in [1.54, 1.807) is 7.11 Å². The predicted octanol–water partition coefficient (Wildman–Crippen LogP) is 2.93. The second-order valence-electron chi connectivity index (χ2n) is 5.84. The maximum absolute atomic E-state index is 6.42. The van der Waals surface area contributed by atoms with Gasteiger partial charge < -0.3 is 10.5 Å². The Bertz CT molecular complexity index is 641. The highest BCUT2D eigenvalue weighted by molar-refractivity contribution is 5.89. The van der Waals surface area contributed by atoms with E-state index in [1.165, 1.54) is 23.2 Å². The van der Waals surface area contributed by atoms with E-state index in [1.807, 2.05) is 12.1 Å². The highest BCUT2D eigenvalue weighted by Crippen LogP contribution is 2.37. The van der Waals surface area contributed by atoms with E-state index in [0.717, 1.165) is 29.5 Å². The van der Waals surface area contributed by atoms with Crippen molar-refractivity contribution in [3.8, 4) is 5.75 Å². The molecule has 19 heavy (non-hydrogen) atoms. The molecule has 100 valence electrons. The molecule has 1 heterocycles. The molecule has 1 aliphatic carbocycles. The first-order valence-corrected chi connectivity index (χ1v) is 6.80. The van der Waals surface area contributed by atoms with Crippen molar-refractivity contribution in [3.05, 3.63) is 35.0 Å². The Morgan fingerprint density at radius 2 is 2.05 bits per heavy atom. The van der Waals surface area contributed by atoms with Gasteiger partial charge >= 0.3 is 0 Å². The van der Waals surface area contributed by atoms with Gasteiger partial charge in [-0.2, -0.15) is 0 Å². The minimum atomic E-state index is -0.359. The first kappa shape index (κ1) is 12.4. The summed E-state index contributed by atoms with van der Waals surface area (Å²) in [5.41, 5.74) is 10.8. The number of ether oxygens (including phenoxy) is 1. The van der Waals surface area contributed by atoms with E-state index in [4.69, 9.17) is 15.5 Å². The Hall–Kier alpha value is -1.61. The molecule has 1 aliphatic rings. The fourth-order valence-corrected chi connectivity index (χ4v) is 3.16. The van der Waals surface area contributed by atoms with Crippen molar-refractivity contribution in [3.63, 3.8) is 0 Å². The zero-order valence-electron chi connectivity index (χ0n) is 11.8. The van der Waals surface area contributed by atoms with Crippen LogP contribution in [0.1, 0.15) is 37.1 Å². The van der Waals surface area contributed by atoms with E-state index in [0.29, 0.717) is 0 Å². The molecule has 0 atom stereocenters. The lowest BCUT2D eigenvalue weighted by Crippen LogP contribution is -2.30. The van der Waals surface area contributed by atoms with Gasteiger partial charge in [-0.1, -0.05) is 12.1 Å². The minimum Gasteiger partial charge on any atom is -0.494 e. The van der Waals surface area contributed by atoms with Crippen LogP contribution in [-0.2, 0) is 18.4 Å². The zero-order valence-corrected chi connectivity index (χ0v) is 11.8. The number of pyridine rings is 1. The summed E-state index contributed by atoms with van der Waals surface area (Å²) in [6, 6.07) is 6.08. The Kier molecular flexibility index (Phi) is 2.75. The number of benzene rings is 1. The van der Waals surface area contributed by atoms with Gasteiger partial charge in [-0.15, -0.1) is 0 Å². The summed E-state index contributed by atoms with van der Waals surface area (Å²) in [4.78, 5) is 4.82. The van der Waals surface area contributed by atoms with E-state index in [2.05, 4.69) is 19.9 Å². The molecule has 0 saturated heterocycles. The quantitative estimate of drug-likeness (QED) is 0.898. The summed E-state index contributed by atoms with van der Waals surface area (Å²) < 4.78 is 5.45. The Labute approximate surface area is 113 Å². The standard InChI is InChI=1S/C16H20N2O/c1-16(2,17)14-10-6-4-8-12(10)18-15-11(14)7-5-9-13(15)19-3/h5,7,9H,4,6,8,17H2,1-3H3. The molecule has 0 aliphatic heterocycles. The van der Waals surface area contributed by atoms with Crippen molar-refractivity contribution in [2.45, 2.75) is 38.6 Å². The highest BCUT2D eigenvalue weighted by atomic mass is 16.5. The monoisotopic (exact) mass is 256 g/mol. The Morgan fingerprint density at radius 1 is 1.26 bits per heavy atom. The van der Waals surface area contributed by atoms with Crippen molar-refractivity contribution in [2.75, 3.05) is 7.11 Å². The van der Waals surface area contributed by atoms with Gasteiger partial charge in [0.05, 0.1) is 7.11 Å². The maximum Gasteiger partial charge on any atom is 0.145 e. The average Bonchev–Trinajstić information content (AvgIpc) is 2.80. The first-order chi connectivity index (χ1) is 9.02. The lowest BCUT2D eigenvalue weighted by atomic mass is 9.87. The summed E-state index contributed by atoms with van der Waals surface area (Å²) in [7, 11) is 1.69. The minimum absolute atomic E-state index is 0.359. The van der Waals surface area contributed by atoms with Gasteiger partial charge in [0.1, 0.15) is 11.3 Å². The van der Waals surface area contributed by atoms with Crippen LogP contribution in [0.2, 0.25) is 0 Å². The molecule has 0 unspecified atom stereocenters. The number of rotatable bonds is 2. The van der Waals surface area contributed by atoms with Gasteiger partial charge in [-0.25, -0.2) is 4.98 Å².